The van der Waals surface area contributed by atoms with E-state index in [1.54, 1.807) is 36.4 Å². The number of aromatic nitrogens is 2. The zero-order valence-electron chi connectivity index (χ0n) is 17.0. The van der Waals surface area contributed by atoms with E-state index in [2.05, 4.69) is 15.5 Å². The largest absolute Gasteiger partial charge is 0.345 e. The maximum atomic E-state index is 13.0. The van der Waals surface area contributed by atoms with Crippen LogP contribution in [0, 0.1) is 6.92 Å². The van der Waals surface area contributed by atoms with Gasteiger partial charge in [0.15, 0.2) is 0 Å². The number of benzene rings is 2. The molecule has 0 radical (unpaired) electrons. The van der Waals surface area contributed by atoms with Crippen LogP contribution >= 0.6 is 11.6 Å². The summed E-state index contributed by atoms with van der Waals surface area (Å²) >= 11 is 5.87. The SMILES string of the molecule is Cc1ccc(S(=O)(=O)N2C(=O)CC[C@H]2C(=O)NCc2nc(-c3ccc(Cl)cc3)no2)cc1. The summed E-state index contributed by atoms with van der Waals surface area (Å²) in [5.41, 5.74) is 1.57. The summed E-state index contributed by atoms with van der Waals surface area (Å²) in [6.07, 6.45) is 0.0556. The van der Waals surface area contributed by atoms with E-state index in [9.17, 15) is 18.0 Å². The molecule has 3 aromatic rings. The molecule has 1 atom stereocenters. The third-order valence-electron chi connectivity index (χ3n) is 5.03. The molecule has 1 saturated heterocycles. The first kappa shape index (κ1) is 22.0. The molecular weight excluding hydrogens is 456 g/mol. The van der Waals surface area contributed by atoms with Crippen molar-refractivity contribution in [2.75, 3.05) is 0 Å². The summed E-state index contributed by atoms with van der Waals surface area (Å²) in [5, 5.41) is 7.02. The highest BCUT2D eigenvalue weighted by molar-refractivity contribution is 7.89. The van der Waals surface area contributed by atoms with Crippen LogP contribution in [-0.4, -0.2) is 40.7 Å². The first-order valence-corrected chi connectivity index (χ1v) is 11.6. The Kier molecular flexibility index (Phi) is 5.98. The summed E-state index contributed by atoms with van der Waals surface area (Å²) in [4.78, 5) is 29.3. The number of aryl methyl sites for hydroxylation is 1. The van der Waals surface area contributed by atoms with Gasteiger partial charge in [0.25, 0.3) is 10.0 Å². The highest BCUT2D eigenvalue weighted by atomic mass is 35.5. The number of nitrogens with one attached hydrogen (secondary N) is 1. The molecule has 0 saturated carbocycles. The Hall–Kier alpha value is -3.24. The van der Waals surface area contributed by atoms with E-state index in [-0.39, 0.29) is 30.2 Å². The lowest BCUT2D eigenvalue weighted by molar-refractivity contribution is -0.130. The van der Waals surface area contributed by atoms with Gasteiger partial charge in [-0.3, -0.25) is 9.59 Å². The predicted molar refractivity (Wildman–Crippen MR) is 115 cm³/mol. The second kappa shape index (κ2) is 8.71. The molecule has 2 amide bonds. The minimum atomic E-state index is -4.16. The van der Waals surface area contributed by atoms with Crippen molar-refractivity contribution in [3.63, 3.8) is 0 Å². The van der Waals surface area contributed by atoms with E-state index in [0.29, 0.717) is 20.7 Å². The minimum absolute atomic E-state index is 0.0373. The summed E-state index contributed by atoms with van der Waals surface area (Å²) in [6, 6.07) is 11.8. The maximum absolute atomic E-state index is 13.0. The van der Waals surface area contributed by atoms with Crippen LogP contribution in [0.3, 0.4) is 0 Å². The predicted octanol–water partition coefficient (Wildman–Crippen LogP) is 2.69. The lowest BCUT2D eigenvalue weighted by Crippen LogP contribution is -2.47. The topological polar surface area (TPSA) is 122 Å². The average Bonchev–Trinajstić information content (AvgIpc) is 3.40. The number of nitrogens with zero attached hydrogens (tertiary/aromatic N) is 3. The molecule has 0 unspecified atom stereocenters. The van der Waals surface area contributed by atoms with E-state index in [1.165, 1.54) is 12.1 Å². The van der Waals surface area contributed by atoms with Gasteiger partial charge >= 0.3 is 0 Å². The van der Waals surface area contributed by atoms with Gasteiger partial charge in [0.1, 0.15) is 6.04 Å². The van der Waals surface area contributed by atoms with Crippen molar-refractivity contribution in [1.82, 2.24) is 19.8 Å². The summed E-state index contributed by atoms with van der Waals surface area (Å²) in [5.74, 6) is -0.766. The van der Waals surface area contributed by atoms with Crippen molar-refractivity contribution in [2.45, 2.75) is 37.2 Å². The van der Waals surface area contributed by atoms with Crippen LogP contribution in [-0.2, 0) is 26.2 Å². The van der Waals surface area contributed by atoms with Crippen molar-refractivity contribution in [1.29, 1.82) is 0 Å². The lowest BCUT2D eigenvalue weighted by atomic mass is 10.2. The molecule has 2 heterocycles. The number of sulfonamides is 1. The van der Waals surface area contributed by atoms with Gasteiger partial charge in [-0.1, -0.05) is 34.5 Å². The molecule has 1 aliphatic heterocycles. The Balaban J connectivity index is 1.46. The maximum Gasteiger partial charge on any atom is 0.267 e. The number of carbonyl (C=O) groups excluding carboxylic acids is 2. The highest BCUT2D eigenvalue weighted by Gasteiger charge is 2.44. The number of hydrogen-bond donors (Lipinski definition) is 1. The van der Waals surface area contributed by atoms with Crippen LogP contribution in [0.5, 0.6) is 0 Å². The second-order valence-electron chi connectivity index (χ2n) is 7.30. The molecular formula is C21H19ClN4O5S. The number of carbonyl (C=O) groups is 2. The Morgan fingerprint density at radius 1 is 1.19 bits per heavy atom. The van der Waals surface area contributed by atoms with Crippen molar-refractivity contribution < 1.29 is 22.5 Å². The third-order valence-corrected chi connectivity index (χ3v) is 7.12. The zero-order valence-corrected chi connectivity index (χ0v) is 18.6. The van der Waals surface area contributed by atoms with E-state index in [4.69, 9.17) is 16.1 Å². The number of hydrogen-bond acceptors (Lipinski definition) is 7. The summed E-state index contributed by atoms with van der Waals surface area (Å²) in [6.45, 7) is 1.71. The zero-order chi connectivity index (χ0) is 22.9. The van der Waals surface area contributed by atoms with Gasteiger partial charge in [0.2, 0.25) is 23.5 Å². The van der Waals surface area contributed by atoms with Gasteiger partial charge in [-0.25, -0.2) is 12.7 Å². The quantitative estimate of drug-likeness (QED) is 0.582. The highest BCUT2D eigenvalue weighted by Crippen LogP contribution is 2.27. The van der Waals surface area contributed by atoms with Gasteiger partial charge in [0, 0.05) is 17.0 Å². The Morgan fingerprint density at radius 2 is 1.88 bits per heavy atom. The molecule has 9 nitrogen and oxygen atoms in total. The van der Waals surface area contributed by atoms with Crippen molar-refractivity contribution in [3.8, 4) is 11.4 Å². The fourth-order valence-corrected chi connectivity index (χ4v) is 5.08. The van der Waals surface area contributed by atoms with Crippen molar-refractivity contribution in [2.24, 2.45) is 0 Å². The molecule has 4 rings (SSSR count). The van der Waals surface area contributed by atoms with Crippen LogP contribution < -0.4 is 5.32 Å². The molecule has 0 bridgehead atoms. The summed E-state index contributed by atoms with van der Waals surface area (Å²) < 4.78 is 31.8. The van der Waals surface area contributed by atoms with Gasteiger partial charge in [0.05, 0.1) is 11.4 Å². The van der Waals surface area contributed by atoms with E-state index < -0.39 is 27.9 Å². The Bertz CT molecular complexity index is 1260. The molecule has 1 fully saturated rings. The normalized spacial score (nSPS) is 16.4. The second-order valence-corrected chi connectivity index (χ2v) is 9.55. The Labute approximate surface area is 189 Å². The van der Waals surface area contributed by atoms with Crippen LogP contribution in [0.25, 0.3) is 11.4 Å². The molecule has 11 heteroatoms. The molecule has 32 heavy (non-hydrogen) atoms. The smallest absolute Gasteiger partial charge is 0.267 e. The average molecular weight is 475 g/mol. The molecule has 1 N–H and O–H groups in total. The standard InChI is InChI=1S/C21H19ClN4O5S/c1-13-2-8-16(9-3-13)32(29,30)26-17(10-11-19(26)27)21(28)23-12-18-24-20(25-31-18)14-4-6-15(22)7-5-14/h2-9,17H,10-12H2,1H3,(H,23,28)/t17-/m0/s1. The van der Waals surface area contributed by atoms with Crippen LogP contribution in [0.4, 0.5) is 0 Å². The van der Waals surface area contributed by atoms with E-state index in [0.717, 1.165) is 5.56 Å². The Morgan fingerprint density at radius 3 is 2.56 bits per heavy atom. The molecule has 166 valence electrons. The van der Waals surface area contributed by atoms with E-state index in [1.807, 2.05) is 6.92 Å². The minimum Gasteiger partial charge on any atom is -0.345 e. The van der Waals surface area contributed by atoms with E-state index >= 15 is 0 Å². The first-order valence-electron chi connectivity index (χ1n) is 9.76. The molecule has 0 aliphatic carbocycles. The molecule has 0 spiro atoms. The molecule has 2 aromatic carbocycles. The number of rotatable bonds is 6. The number of halogens is 1. The van der Waals surface area contributed by atoms with Gasteiger partial charge in [-0.2, -0.15) is 4.98 Å². The summed E-state index contributed by atoms with van der Waals surface area (Å²) in [7, 11) is -4.16. The first-order chi connectivity index (χ1) is 15.3. The molecule has 1 aliphatic rings. The van der Waals surface area contributed by atoms with Crippen LogP contribution in [0.2, 0.25) is 5.02 Å². The van der Waals surface area contributed by atoms with Crippen LogP contribution in [0.1, 0.15) is 24.3 Å². The van der Waals surface area contributed by atoms with Gasteiger partial charge < -0.3 is 9.84 Å². The lowest BCUT2D eigenvalue weighted by Gasteiger charge is -2.23. The van der Waals surface area contributed by atoms with Crippen LogP contribution in [0.15, 0.2) is 57.9 Å². The fraction of sp³-hybridized carbons (Fsp3) is 0.238. The number of amides is 2. The monoisotopic (exact) mass is 474 g/mol. The van der Waals surface area contributed by atoms with Gasteiger partial charge in [-0.15, -0.1) is 0 Å². The fourth-order valence-electron chi connectivity index (χ4n) is 3.35. The van der Waals surface area contributed by atoms with Crippen molar-refractivity contribution >= 4 is 33.4 Å². The van der Waals surface area contributed by atoms with Crippen molar-refractivity contribution in [3.05, 3.63) is 65.0 Å². The van der Waals surface area contributed by atoms with Gasteiger partial charge in [-0.05, 0) is 49.7 Å². The third kappa shape index (κ3) is 4.37. The molecule has 1 aromatic heterocycles.